The summed E-state index contributed by atoms with van der Waals surface area (Å²) in [4.78, 5) is 15.7. The number of H-pyrrole nitrogens is 1. The molecule has 0 radical (unpaired) electrons. The molecule has 17 heavy (non-hydrogen) atoms. The summed E-state index contributed by atoms with van der Waals surface area (Å²) in [6.07, 6.45) is 0.906. The lowest BCUT2D eigenvalue weighted by Crippen LogP contribution is -2.22. The third-order valence-corrected chi connectivity index (χ3v) is 2.97. The molecule has 2 rings (SSSR count). The SMILES string of the molecule is CCC(CCl)Nc1cc2n[nH]c(=O)n2c(C)n1. The monoisotopic (exact) mass is 255 g/mol. The average Bonchev–Trinajstić information content (AvgIpc) is 2.68. The molecule has 7 heteroatoms. The Kier molecular flexibility index (Phi) is 3.33. The topological polar surface area (TPSA) is 75.1 Å². The van der Waals surface area contributed by atoms with Crippen LogP contribution in [0.15, 0.2) is 10.9 Å². The molecule has 6 nitrogen and oxygen atoms in total. The normalized spacial score (nSPS) is 12.9. The van der Waals surface area contributed by atoms with Crippen LogP contribution in [0.2, 0.25) is 0 Å². The summed E-state index contributed by atoms with van der Waals surface area (Å²) < 4.78 is 1.42. The fraction of sp³-hybridized carbons (Fsp3) is 0.500. The predicted molar refractivity (Wildman–Crippen MR) is 66.8 cm³/mol. The van der Waals surface area contributed by atoms with Crippen LogP contribution < -0.4 is 11.0 Å². The molecule has 1 atom stereocenters. The summed E-state index contributed by atoms with van der Waals surface area (Å²) in [6.45, 7) is 3.81. The first-order valence-corrected chi connectivity index (χ1v) is 5.96. The van der Waals surface area contributed by atoms with Crippen molar-refractivity contribution in [2.75, 3.05) is 11.2 Å². The number of aromatic amines is 1. The van der Waals surface area contributed by atoms with Crippen LogP contribution in [0.1, 0.15) is 19.2 Å². The smallest absolute Gasteiger partial charge is 0.349 e. The molecule has 2 aromatic rings. The average molecular weight is 256 g/mol. The minimum absolute atomic E-state index is 0.164. The molecular formula is C10H14ClN5O. The van der Waals surface area contributed by atoms with Gasteiger partial charge in [0.1, 0.15) is 11.6 Å². The van der Waals surface area contributed by atoms with E-state index in [1.807, 2.05) is 6.92 Å². The number of fused-ring (bicyclic) bond motifs is 1. The lowest BCUT2D eigenvalue weighted by molar-refractivity contribution is 0.762. The number of anilines is 1. The van der Waals surface area contributed by atoms with E-state index in [0.717, 1.165) is 6.42 Å². The highest BCUT2D eigenvalue weighted by atomic mass is 35.5. The molecule has 0 bridgehead atoms. The number of nitrogens with one attached hydrogen (secondary N) is 2. The van der Waals surface area contributed by atoms with E-state index in [9.17, 15) is 4.79 Å². The van der Waals surface area contributed by atoms with Gasteiger partial charge < -0.3 is 5.32 Å². The molecule has 1 unspecified atom stereocenters. The lowest BCUT2D eigenvalue weighted by Gasteiger charge is -2.14. The first kappa shape index (κ1) is 11.9. The molecule has 0 aliphatic rings. The second kappa shape index (κ2) is 4.75. The van der Waals surface area contributed by atoms with Crippen LogP contribution in [0.3, 0.4) is 0 Å². The Morgan fingerprint density at radius 3 is 3.06 bits per heavy atom. The molecule has 0 amide bonds. The van der Waals surface area contributed by atoms with Crippen LogP contribution in [0.5, 0.6) is 0 Å². The van der Waals surface area contributed by atoms with Crippen molar-refractivity contribution in [1.29, 1.82) is 0 Å². The second-order valence-corrected chi connectivity index (χ2v) is 4.12. The molecule has 0 saturated carbocycles. The Hall–Kier alpha value is -1.56. The minimum Gasteiger partial charge on any atom is -0.366 e. The number of aromatic nitrogens is 4. The number of hydrogen-bond acceptors (Lipinski definition) is 4. The molecule has 92 valence electrons. The largest absolute Gasteiger partial charge is 0.366 e. The maximum Gasteiger partial charge on any atom is 0.349 e. The van der Waals surface area contributed by atoms with Gasteiger partial charge in [-0.05, 0) is 13.3 Å². The zero-order chi connectivity index (χ0) is 12.4. The van der Waals surface area contributed by atoms with Crippen molar-refractivity contribution >= 4 is 23.1 Å². The van der Waals surface area contributed by atoms with E-state index in [0.29, 0.717) is 23.2 Å². The van der Waals surface area contributed by atoms with E-state index in [1.54, 1.807) is 13.0 Å². The summed E-state index contributed by atoms with van der Waals surface area (Å²) in [6, 6.07) is 1.89. The Labute approximate surface area is 103 Å². The molecule has 0 aliphatic heterocycles. The van der Waals surface area contributed by atoms with Gasteiger partial charge in [-0.15, -0.1) is 11.6 Å². The van der Waals surface area contributed by atoms with E-state index in [-0.39, 0.29) is 11.7 Å². The number of alkyl halides is 1. The van der Waals surface area contributed by atoms with Crippen LogP contribution in [0.4, 0.5) is 5.82 Å². The van der Waals surface area contributed by atoms with Crippen molar-refractivity contribution in [3.63, 3.8) is 0 Å². The van der Waals surface area contributed by atoms with Crippen molar-refractivity contribution in [2.24, 2.45) is 0 Å². The Morgan fingerprint density at radius 1 is 1.65 bits per heavy atom. The van der Waals surface area contributed by atoms with Gasteiger partial charge in [-0.2, -0.15) is 5.10 Å². The number of hydrogen-bond donors (Lipinski definition) is 2. The lowest BCUT2D eigenvalue weighted by atomic mass is 10.2. The fourth-order valence-corrected chi connectivity index (χ4v) is 1.93. The highest BCUT2D eigenvalue weighted by molar-refractivity contribution is 6.18. The molecule has 2 heterocycles. The van der Waals surface area contributed by atoms with Crippen LogP contribution >= 0.6 is 11.6 Å². The Morgan fingerprint density at radius 2 is 2.41 bits per heavy atom. The van der Waals surface area contributed by atoms with Crippen molar-refractivity contribution in [2.45, 2.75) is 26.3 Å². The fourth-order valence-electron chi connectivity index (χ4n) is 1.63. The molecule has 0 aliphatic carbocycles. The van der Waals surface area contributed by atoms with E-state index in [4.69, 9.17) is 11.6 Å². The van der Waals surface area contributed by atoms with Gasteiger partial charge in [-0.3, -0.25) is 0 Å². The number of aryl methyl sites for hydroxylation is 1. The third kappa shape index (κ3) is 2.26. The van der Waals surface area contributed by atoms with Gasteiger partial charge in [-0.25, -0.2) is 19.3 Å². The van der Waals surface area contributed by atoms with Crippen molar-refractivity contribution < 1.29 is 0 Å². The predicted octanol–water partition coefficient (Wildman–Crippen LogP) is 1.16. The summed E-state index contributed by atoms with van der Waals surface area (Å²) in [5, 5.41) is 9.51. The molecule has 0 saturated heterocycles. The molecule has 2 N–H and O–H groups in total. The summed E-state index contributed by atoms with van der Waals surface area (Å²) >= 11 is 5.81. The van der Waals surface area contributed by atoms with Crippen molar-refractivity contribution in [3.8, 4) is 0 Å². The Balaban J connectivity index is 2.40. The highest BCUT2D eigenvalue weighted by Gasteiger charge is 2.09. The van der Waals surface area contributed by atoms with Crippen LogP contribution in [0.25, 0.3) is 5.65 Å². The minimum atomic E-state index is -0.277. The molecule has 0 fully saturated rings. The quantitative estimate of drug-likeness (QED) is 0.804. The maximum atomic E-state index is 11.4. The van der Waals surface area contributed by atoms with Crippen molar-refractivity contribution in [1.82, 2.24) is 19.6 Å². The van der Waals surface area contributed by atoms with Crippen LogP contribution in [-0.2, 0) is 0 Å². The second-order valence-electron chi connectivity index (χ2n) is 3.81. The number of halogens is 1. The standard InChI is InChI=1S/C10H14ClN5O/c1-3-7(5-11)13-8-4-9-14-15-10(17)16(9)6(2)12-8/h4,7,13H,3,5H2,1-2H3,(H,15,17). The van der Waals surface area contributed by atoms with Gasteiger partial charge in [0.2, 0.25) is 0 Å². The summed E-state index contributed by atoms with van der Waals surface area (Å²) in [5.74, 6) is 1.78. The van der Waals surface area contributed by atoms with E-state index >= 15 is 0 Å². The van der Waals surface area contributed by atoms with Gasteiger partial charge in [0.05, 0.1) is 0 Å². The van der Waals surface area contributed by atoms with Gasteiger partial charge in [0, 0.05) is 18.0 Å². The zero-order valence-corrected chi connectivity index (χ0v) is 10.5. The highest BCUT2D eigenvalue weighted by Crippen LogP contribution is 2.10. The van der Waals surface area contributed by atoms with E-state index in [1.165, 1.54) is 4.40 Å². The van der Waals surface area contributed by atoms with Gasteiger partial charge in [0.15, 0.2) is 5.65 Å². The first-order valence-electron chi connectivity index (χ1n) is 5.43. The Bertz CT molecular complexity index is 572. The van der Waals surface area contributed by atoms with Gasteiger partial charge in [-0.1, -0.05) is 6.92 Å². The molecule has 0 aromatic carbocycles. The van der Waals surface area contributed by atoms with Gasteiger partial charge >= 0.3 is 5.69 Å². The van der Waals surface area contributed by atoms with Crippen LogP contribution in [-0.4, -0.2) is 31.5 Å². The summed E-state index contributed by atoms with van der Waals surface area (Å²) in [5.41, 5.74) is 0.273. The number of rotatable bonds is 4. The zero-order valence-electron chi connectivity index (χ0n) is 9.70. The van der Waals surface area contributed by atoms with Crippen molar-refractivity contribution in [3.05, 3.63) is 22.4 Å². The maximum absolute atomic E-state index is 11.4. The van der Waals surface area contributed by atoms with Crippen LogP contribution in [0, 0.1) is 6.92 Å². The summed E-state index contributed by atoms with van der Waals surface area (Å²) in [7, 11) is 0. The molecular weight excluding hydrogens is 242 g/mol. The van der Waals surface area contributed by atoms with E-state index in [2.05, 4.69) is 20.5 Å². The number of nitrogens with zero attached hydrogens (tertiary/aromatic N) is 3. The molecule has 2 aromatic heterocycles. The third-order valence-electron chi connectivity index (χ3n) is 2.60. The van der Waals surface area contributed by atoms with Gasteiger partial charge in [0.25, 0.3) is 0 Å². The molecule has 0 spiro atoms. The first-order chi connectivity index (χ1) is 8.15. The van der Waals surface area contributed by atoms with E-state index < -0.39 is 0 Å².